The van der Waals surface area contributed by atoms with E-state index in [9.17, 15) is 0 Å². The van der Waals surface area contributed by atoms with Crippen molar-refractivity contribution in [3.63, 3.8) is 0 Å². The first-order chi connectivity index (χ1) is 9.19. The second-order valence-corrected chi connectivity index (χ2v) is 5.74. The summed E-state index contributed by atoms with van der Waals surface area (Å²) in [6.07, 6.45) is 1.24. The van der Waals surface area contributed by atoms with Crippen LogP contribution in [0.4, 0.5) is 0 Å². The summed E-state index contributed by atoms with van der Waals surface area (Å²) in [7, 11) is 1.71. The van der Waals surface area contributed by atoms with E-state index in [0.717, 1.165) is 25.4 Å². The Morgan fingerprint density at radius 2 is 2.05 bits per heavy atom. The zero-order valence-corrected chi connectivity index (χ0v) is 12.4. The van der Waals surface area contributed by atoms with Crippen molar-refractivity contribution in [1.82, 2.24) is 10.2 Å². The van der Waals surface area contributed by atoms with Crippen molar-refractivity contribution < 1.29 is 4.74 Å². The number of benzene rings is 1. The van der Waals surface area contributed by atoms with Crippen LogP contribution in [0.1, 0.15) is 25.8 Å². The lowest BCUT2D eigenvalue weighted by molar-refractivity contribution is 0.238. The van der Waals surface area contributed by atoms with Gasteiger partial charge >= 0.3 is 0 Å². The molecule has 0 aromatic heterocycles. The van der Waals surface area contributed by atoms with Gasteiger partial charge in [0.25, 0.3) is 0 Å². The van der Waals surface area contributed by atoms with E-state index in [1.54, 1.807) is 7.11 Å². The summed E-state index contributed by atoms with van der Waals surface area (Å²) in [5.74, 6) is 1.62. The van der Waals surface area contributed by atoms with E-state index >= 15 is 0 Å². The molecule has 1 fully saturated rings. The third-order valence-electron chi connectivity index (χ3n) is 3.88. The van der Waals surface area contributed by atoms with Gasteiger partial charge in [0, 0.05) is 19.1 Å². The van der Waals surface area contributed by atoms with Crippen LogP contribution < -0.4 is 10.1 Å². The van der Waals surface area contributed by atoms with Crippen molar-refractivity contribution in [2.24, 2.45) is 5.92 Å². The largest absolute Gasteiger partial charge is 0.497 e. The van der Waals surface area contributed by atoms with Crippen LogP contribution in [-0.4, -0.2) is 37.7 Å². The zero-order valence-electron chi connectivity index (χ0n) is 12.4. The highest BCUT2D eigenvalue weighted by atomic mass is 16.5. The van der Waals surface area contributed by atoms with Crippen LogP contribution in [0.15, 0.2) is 24.3 Å². The molecular formula is C16H26N2O. The van der Waals surface area contributed by atoms with Gasteiger partial charge in [-0.3, -0.25) is 4.90 Å². The number of nitrogens with zero attached hydrogens (tertiary/aromatic N) is 1. The molecule has 0 aliphatic carbocycles. The number of methoxy groups -OCH3 is 1. The van der Waals surface area contributed by atoms with E-state index in [-0.39, 0.29) is 0 Å². The van der Waals surface area contributed by atoms with Crippen molar-refractivity contribution in [2.75, 3.05) is 26.7 Å². The van der Waals surface area contributed by atoms with Gasteiger partial charge in [0.1, 0.15) is 5.75 Å². The fraction of sp³-hybridized carbons (Fsp3) is 0.625. The lowest BCUT2D eigenvalue weighted by Gasteiger charge is -2.26. The predicted octanol–water partition coefficient (Wildman–Crippen LogP) is 2.52. The minimum Gasteiger partial charge on any atom is -0.497 e. The average molecular weight is 262 g/mol. The first kappa shape index (κ1) is 14.4. The van der Waals surface area contributed by atoms with E-state index in [1.807, 2.05) is 12.1 Å². The molecule has 1 aliphatic rings. The normalized spacial score (nSPS) is 21.4. The molecule has 0 spiro atoms. The number of hydrogen-bond donors (Lipinski definition) is 1. The van der Waals surface area contributed by atoms with Gasteiger partial charge in [-0.25, -0.2) is 0 Å². The van der Waals surface area contributed by atoms with Gasteiger partial charge in [-0.15, -0.1) is 0 Å². The molecule has 3 heteroatoms. The molecule has 0 amide bonds. The van der Waals surface area contributed by atoms with Crippen LogP contribution in [0.3, 0.4) is 0 Å². The molecule has 1 heterocycles. The maximum Gasteiger partial charge on any atom is 0.118 e. The van der Waals surface area contributed by atoms with E-state index < -0.39 is 0 Å². The van der Waals surface area contributed by atoms with Crippen LogP contribution in [0.25, 0.3) is 0 Å². The number of ether oxygens (including phenoxy) is 1. The van der Waals surface area contributed by atoms with Crippen molar-refractivity contribution in [3.05, 3.63) is 29.8 Å². The smallest absolute Gasteiger partial charge is 0.118 e. The number of hydrogen-bond acceptors (Lipinski definition) is 3. The Balaban J connectivity index is 1.95. The molecular weight excluding hydrogens is 236 g/mol. The Kier molecular flexibility index (Phi) is 5.23. The summed E-state index contributed by atoms with van der Waals surface area (Å²) in [4.78, 5) is 2.56. The van der Waals surface area contributed by atoms with Crippen LogP contribution in [0.2, 0.25) is 0 Å². The first-order valence-electron chi connectivity index (χ1n) is 7.27. The third-order valence-corrected chi connectivity index (χ3v) is 3.88. The van der Waals surface area contributed by atoms with Gasteiger partial charge in [0.2, 0.25) is 0 Å². The zero-order chi connectivity index (χ0) is 13.7. The molecule has 1 N–H and O–H groups in total. The monoisotopic (exact) mass is 262 g/mol. The maximum absolute atomic E-state index is 5.20. The Hall–Kier alpha value is -1.06. The summed E-state index contributed by atoms with van der Waals surface area (Å²) in [6.45, 7) is 9.10. The molecule has 106 valence electrons. The molecule has 1 unspecified atom stereocenters. The Bertz CT molecular complexity index is 375. The minimum atomic E-state index is 0.612. The topological polar surface area (TPSA) is 24.5 Å². The molecule has 0 bridgehead atoms. The quantitative estimate of drug-likeness (QED) is 0.902. The van der Waals surface area contributed by atoms with Crippen molar-refractivity contribution in [3.8, 4) is 5.75 Å². The van der Waals surface area contributed by atoms with Crippen molar-refractivity contribution in [1.29, 1.82) is 0 Å². The summed E-state index contributed by atoms with van der Waals surface area (Å²) >= 11 is 0. The lowest BCUT2D eigenvalue weighted by atomic mass is 10.0. The van der Waals surface area contributed by atoms with Gasteiger partial charge in [-0.2, -0.15) is 0 Å². The maximum atomic E-state index is 5.20. The lowest BCUT2D eigenvalue weighted by Crippen LogP contribution is -2.40. The second kappa shape index (κ2) is 6.92. The molecule has 1 atom stereocenters. The molecule has 19 heavy (non-hydrogen) atoms. The Labute approximate surface area is 116 Å². The highest BCUT2D eigenvalue weighted by Gasteiger charge is 2.20. The molecule has 2 rings (SSSR count). The summed E-state index contributed by atoms with van der Waals surface area (Å²) in [5.41, 5.74) is 1.37. The highest BCUT2D eigenvalue weighted by Crippen LogP contribution is 2.15. The summed E-state index contributed by atoms with van der Waals surface area (Å²) < 4.78 is 5.20. The fourth-order valence-electron chi connectivity index (χ4n) is 2.60. The highest BCUT2D eigenvalue weighted by molar-refractivity contribution is 5.27. The molecule has 1 saturated heterocycles. The van der Waals surface area contributed by atoms with Gasteiger partial charge in [-0.1, -0.05) is 26.0 Å². The average Bonchev–Trinajstić information content (AvgIpc) is 2.65. The first-order valence-corrected chi connectivity index (χ1v) is 7.27. The number of rotatable bonds is 4. The van der Waals surface area contributed by atoms with Gasteiger partial charge in [0.05, 0.1) is 7.11 Å². The predicted molar refractivity (Wildman–Crippen MR) is 79.5 cm³/mol. The standard InChI is InChI=1S/C16H26N2O/c1-13(2)16-12-18(10-4-9-17-16)11-14-5-7-15(19-3)8-6-14/h5-8,13,16-17H,4,9-12H2,1-3H3. The molecule has 0 radical (unpaired) electrons. The molecule has 1 aromatic rings. The van der Waals surface area contributed by atoms with E-state index in [2.05, 4.69) is 36.2 Å². The Morgan fingerprint density at radius 1 is 1.32 bits per heavy atom. The summed E-state index contributed by atoms with van der Waals surface area (Å²) in [5, 5.41) is 3.65. The van der Waals surface area contributed by atoms with Crippen LogP contribution in [0.5, 0.6) is 5.75 Å². The molecule has 1 aromatic carbocycles. The third kappa shape index (κ3) is 4.22. The van der Waals surface area contributed by atoms with Crippen molar-refractivity contribution in [2.45, 2.75) is 32.9 Å². The van der Waals surface area contributed by atoms with Gasteiger partial charge in [-0.05, 0) is 43.1 Å². The fourth-order valence-corrected chi connectivity index (χ4v) is 2.60. The second-order valence-electron chi connectivity index (χ2n) is 5.74. The van der Waals surface area contributed by atoms with Crippen molar-refractivity contribution >= 4 is 0 Å². The molecule has 0 saturated carbocycles. The Morgan fingerprint density at radius 3 is 2.68 bits per heavy atom. The summed E-state index contributed by atoms with van der Waals surface area (Å²) in [6, 6.07) is 9.04. The van der Waals surface area contributed by atoms with Crippen LogP contribution in [-0.2, 0) is 6.54 Å². The SMILES string of the molecule is COc1ccc(CN2CCCNC(C(C)C)C2)cc1. The van der Waals surface area contributed by atoms with Gasteiger partial charge in [0.15, 0.2) is 0 Å². The molecule has 3 nitrogen and oxygen atoms in total. The number of nitrogens with one attached hydrogen (secondary N) is 1. The van der Waals surface area contributed by atoms with Gasteiger partial charge < -0.3 is 10.1 Å². The van der Waals surface area contributed by atoms with Crippen LogP contribution >= 0.6 is 0 Å². The minimum absolute atomic E-state index is 0.612. The molecule has 1 aliphatic heterocycles. The van der Waals surface area contributed by atoms with E-state index in [1.165, 1.54) is 18.5 Å². The van der Waals surface area contributed by atoms with E-state index in [4.69, 9.17) is 4.74 Å². The van der Waals surface area contributed by atoms with Crippen LogP contribution in [0, 0.1) is 5.92 Å². The van der Waals surface area contributed by atoms with E-state index in [0.29, 0.717) is 12.0 Å².